The Kier molecular flexibility index (Phi) is 5.51. The molecule has 1 aromatic rings. The summed E-state index contributed by atoms with van der Waals surface area (Å²) in [6, 6.07) is 11.3. The summed E-state index contributed by atoms with van der Waals surface area (Å²) in [5, 5.41) is 6.91. The normalized spacial score (nSPS) is 28.4. The lowest BCUT2D eigenvalue weighted by atomic mass is 10.1. The highest BCUT2D eigenvalue weighted by molar-refractivity contribution is 5.80. The number of nitrogens with one attached hydrogen (secondary N) is 2. The molecule has 0 bridgehead atoms. The molecule has 0 spiro atoms. The summed E-state index contributed by atoms with van der Waals surface area (Å²) in [4.78, 5) is 4.33. The zero-order valence-electron chi connectivity index (χ0n) is 14.0. The third-order valence-corrected chi connectivity index (χ3v) is 4.42. The molecule has 4 atom stereocenters. The number of hydrogen-bond donors (Lipinski definition) is 2. The second-order valence-electron chi connectivity index (χ2n) is 6.44. The molecule has 2 N–H and O–H groups in total. The summed E-state index contributed by atoms with van der Waals surface area (Å²) in [6.45, 7) is 4.32. The second kappa shape index (κ2) is 7.79. The maximum absolute atomic E-state index is 5.85. The quantitative estimate of drug-likeness (QED) is 0.621. The van der Waals surface area contributed by atoms with Crippen molar-refractivity contribution in [2.75, 3.05) is 26.9 Å². The van der Waals surface area contributed by atoms with Crippen molar-refractivity contribution in [3.8, 4) is 0 Å². The Labute approximate surface area is 138 Å². The molecule has 1 saturated carbocycles. The standard InChI is InChI=1S/C18H27N3O2/c1-13(11-23-15-8-9-22-12-15)20-18(19-2)21-17-10-16(17)14-6-4-3-5-7-14/h3-7,13,15-17H,8-12H2,1-2H3,(H2,19,20,21). The molecule has 1 aliphatic carbocycles. The van der Waals surface area contributed by atoms with Crippen molar-refractivity contribution in [3.05, 3.63) is 35.9 Å². The predicted molar refractivity (Wildman–Crippen MR) is 91.9 cm³/mol. The first kappa shape index (κ1) is 16.3. The van der Waals surface area contributed by atoms with Crippen LogP contribution in [-0.2, 0) is 9.47 Å². The Morgan fingerprint density at radius 3 is 2.91 bits per heavy atom. The summed E-state index contributed by atoms with van der Waals surface area (Å²) in [5.74, 6) is 1.45. The van der Waals surface area contributed by atoms with E-state index in [4.69, 9.17) is 9.47 Å². The Balaban J connectivity index is 1.40. The summed E-state index contributed by atoms with van der Waals surface area (Å²) in [7, 11) is 1.81. The molecular weight excluding hydrogens is 290 g/mol. The molecule has 3 rings (SSSR count). The lowest BCUT2D eigenvalue weighted by Gasteiger charge is -2.19. The lowest BCUT2D eigenvalue weighted by molar-refractivity contribution is 0.0347. The summed E-state index contributed by atoms with van der Waals surface area (Å²) < 4.78 is 11.2. The molecule has 1 aromatic carbocycles. The second-order valence-corrected chi connectivity index (χ2v) is 6.44. The average Bonchev–Trinajstić information content (AvgIpc) is 3.14. The first-order valence-electron chi connectivity index (χ1n) is 8.50. The smallest absolute Gasteiger partial charge is 0.191 e. The lowest BCUT2D eigenvalue weighted by Crippen LogP contribution is -2.45. The van der Waals surface area contributed by atoms with E-state index < -0.39 is 0 Å². The largest absolute Gasteiger partial charge is 0.379 e. The van der Waals surface area contributed by atoms with E-state index >= 15 is 0 Å². The van der Waals surface area contributed by atoms with Gasteiger partial charge in [0.2, 0.25) is 0 Å². The highest BCUT2D eigenvalue weighted by atomic mass is 16.5. The third kappa shape index (κ3) is 4.69. The van der Waals surface area contributed by atoms with Gasteiger partial charge in [-0.2, -0.15) is 0 Å². The van der Waals surface area contributed by atoms with Gasteiger partial charge in [-0.1, -0.05) is 30.3 Å². The van der Waals surface area contributed by atoms with Gasteiger partial charge in [-0.25, -0.2) is 0 Å². The van der Waals surface area contributed by atoms with Crippen LogP contribution in [0.5, 0.6) is 0 Å². The Morgan fingerprint density at radius 2 is 2.22 bits per heavy atom. The van der Waals surface area contributed by atoms with Crippen molar-refractivity contribution in [1.82, 2.24) is 10.6 Å². The first-order chi connectivity index (χ1) is 11.3. The van der Waals surface area contributed by atoms with E-state index in [-0.39, 0.29) is 12.1 Å². The van der Waals surface area contributed by atoms with E-state index in [0.29, 0.717) is 18.6 Å². The predicted octanol–water partition coefficient (Wildman–Crippen LogP) is 1.90. The van der Waals surface area contributed by atoms with Crippen molar-refractivity contribution >= 4 is 5.96 Å². The van der Waals surface area contributed by atoms with Gasteiger partial charge in [-0.05, 0) is 25.3 Å². The number of guanidine groups is 1. The summed E-state index contributed by atoms with van der Waals surface area (Å²) in [6.07, 6.45) is 2.41. The number of hydrogen-bond acceptors (Lipinski definition) is 3. The zero-order valence-corrected chi connectivity index (χ0v) is 14.0. The van der Waals surface area contributed by atoms with Crippen molar-refractivity contribution < 1.29 is 9.47 Å². The van der Waals surface area contributed by atoms with E-state index in [9.17, 15) is 0 Å². The van der Waals surface area contributed by atoms with Crippen LogP contribution in [-0.4, -0.2) is 51.0 Å². The van der Waals surface area contributed by atoms with E-state index in [1.54, 1.807) is 0 Å². The Bertz CT molecular complexity index is 514. The van der Waals surface area contributed by atoms with Gasteiger partial charge in [-0.3, -0.25) is 4.99 Å². The minimum Gasteiger partial charge on any atom is -0.379 e. The number of rotatable bonds is 6. The maximum atomic E-state index is 5.85. The van der Waals surface area contributed by atoms with E-state index in [1.165, 1.54) is 5.56 Å². The Morgan fingerprint density at radius 1 is 1.39 bits per heavy atom. The van der Waals surface area contributed by atoms with Gasteiger partial charge in [0.15, 0.2) is 5.96 Å². The molecular formula is C18H27N3O2. The minimum atomic E-state index is 0.218. The SMILES string of the molecule is CN=C(NC(C)COC1CCOC1)NC1CC1c1ccccc1. The number of aliphatic imine (C=N–C) groups is 1. The molecule has 0 radical (unpaired) electrons. The van der Waals surface area contributed by atoms with Gasteiger partial charge in [0.05, 0.1) is 19.3 Å². The fraction of sp³-hybridized carbons (Fsp3) is 0.611. The number of benzene rings is 1. The van der Waals surface area contributed by atoms with Gasteiger partial charge < -0.3 is 20.1 Å². The minimum absolute atomic E-state index is 0.218. The maximum Gasteiger partial charge on any atom is 0.191 e. The molecule has 1 saturated heterocycles. The number of nitrogens with zero attached hydrogens (tertiary/aromatic N) is 1. The summed E-state index contributed by atoms with van der Waals surface area (Å²) >= 11 is 0. The molecule has 0 aromatic heterocycles. The topological polar surface area (TPSA) is 54.9 Å². The van der Waals surface area contributed by atoms with Crippen LogP contribution >= 0.6 is 0 Å². The average molecular weight is 317 g/mol. The van der Waals surface area contributed by atoms with Gasteiger partial charge >= 0.3 is 0 Å². The van der Waals surface area contributed by atoms with Crippen LogP contribution in [0, 0.1) is 0 Å². The molecule has 1 aliphatic heterocycles. The van der Waals surface area contributed by atoms with Crippen LogP contribution in [0.1, 0.15) is 31.2 Å². The van der Waals surface area contributed by atoms with Crippen LogP contribution in [0.25, 0.3) is 0 Å². The first-order valence-corrected chi connectivity index (χ1v) is 8.50. The van der Waals surface area contributed by atoms with E-state index in [2.05, 4.69) is 52.9 Å². The van der Waals surface area contributed by atoms with Gasteiger partial charge in [-0.15, -0.1) is 0 Å². The van der Waals surface area contributed by atoms with Crippen LogP contribution in [0.3, 0.4) is 0 Å². The van der Waals surface area contributed by atoms with Crippen molar-refractivity contribution in [2.24, 2.45) is 4.99 Å². The van der Waals surface area contributed by atoms with Crippen LogP contribution in [0.2, 0.25) is 0 Å². The van der Waals surface area contributed by atoms with Gasteiger partial charge in [0.1, 0.15) is 0 Å². The van der Waals surface area contributed by atoms with Crippen molar-refractivity contribution in [1.29, 1.82) is 0 Å². The monoisotopic (exact) mass is 317 g/mol. The molecule has 1 heterocycles. The van der Waals surface area contributed by atoms with E-state index in [1.807, 2.05) is 7.05 Å². The van der Waals surface area contributed by atoms with Crippen LogP contribution in [0.4, 0.5) is 0 Å². The van der Waals surface area contributed by atoms with Crippen molar-refractivity contribution in [2.45, 2.75) is 43.9 Å². The molecule has 5 heteroatoms. The van der Waals surface area contributed by atoms with Crippen LogP contribution in [0.15, 0.2) is 35.3 Å². The highest BCUT2D eigenvalue weighted by Crippen LogP contribution is 2.40. The van der Waals surface area contributed by atoms with Gasteiger partial charge in [0, 0.05) is 31.7 Å². The molecule has 5 nitrogen and oxygen atoms in total. The van der Waals surface area contributed by atoms with Gasteiger partial charge in [0.25, 0.3) is 0 Å². The molecule has 2 fully saturated rings. The van der Waals surface area contributed by atoms with Crippen molar-refractivity contribution in [3.63, 3.8) is 0 Å². The summed E-state index contributed by atoms with van der Waals surface area (Å²) in [5.41, 5.74) is 1.40. The fourth-order valence-corrected chi connectivity index (χ4v) is 2.97. The molecule has 23 heavy (non-hydrogen) atoms. The number of ether oxygens (including phenoxy) is 2. The molecule has 2 aliphatic rings. The molecule has 0 amide bonds. The van der Waals surface area contributed by atoms with Crippen LogP contribution < -0.4 is 10.6 Å². The molecule has 4 unspecified atom stereocenters. The van der Waals surface area contributed by atoms with E-state index in [0.717, 1.165) is 32.0 Å². The Hall–Kier alpha value is -1.59. The molecule has 126 valence electrons. The third-order valence-electron chi connectivity index (χ3n) is 4.42. The highest BCUT2D eigenvalue weighted by Gasteiger charge is 2.38. The fourth-order valence-electron chi connectivity index (χ4n) is 2.97. The zero-order chi connectivity index (χ0) is 16.1.